The average Bonchev–Trinajstić information content (AvgIpc) is 2.65. The van der Waals surface area contributed by atoms with E-state index in [0.717, 1.165) is 22.3 Å². The Morgan fingerprint density at radius 3 is 2.29 bits per heavy atom. The molecule has 2 aromatic carbocycles. The van der Waals surface area contributed by atoms with Crippen molar-refractivity contribution in [3.05, 3.63) is 64.7 Å². The van der Waals surface area contributed by atoms with Gasteiger partial charge in [-0.15, -0.1) is 0 Å². The molecule has 0 aliphatic carbocycles. The number of carbonyl (C=O) groups excluding carboxylic acids is 2. The molecule has 28 heavy (non-hydrogen) atoms. The highest BCUT2D eigenvalue weighted by Gasteiger charge is 2.28. The summed E-state index contributed by atoms with van der Waals surface area (Å²) in [6.45, 7) is 8.15. The molecule has 1 atom stereocenters. The molecule has 0 aliphatic heterocycles. The third-order valence-corrected chi connectivity index (χ3v) is 4.63. The van der Waals surface area contributed by atoms with Crippen LogP contribution in [0.4, 0.5) is 0 Å². The van der Waals surface area contributed by atoms with Gasteiger partial charge in [0.05, 0.1) is 0 Å². The minimum Gasteiger partial charge on any atom is -0.484 e. The molecule has 5 nitrogen and oxygen atoms in total. The van der Waals surface area contributed by atoms with Gasteiger partial charge in [0.15, 0.2) is 6.61 Å². The molecule has 0 aromatic heterocycles. The van der Waals surface area contributed by atoms with Gasteiger partial charge in [-0.1, -0.05) is 42.8 Å². The third kappa shape index (κ3) is 5.84. The van der Waals surface area contributed by atoms with E-state index in [2.05, 4.69) is 11.4 Å². The van der Waals surface area contributed by atoms with Crippen LogP contribution in [-0.2, 0) is 16.1 Å². The zero-order chi connectivity index (χ0) is 20.7. The van der Waals surface area contributed by atoms with Gasteiger partial charge in [0.25, 0.3) is 5.91 Å². The first-order valence-electron chi connectivity index (χ1n) is 9.61. The fraction of sp³-hybridized carbons (Fsp3) is 0.391. The number of nitrogens with one attached hydrogen (secondary N) is 1. The molecule has 0 radical (unpaired) electrons. The van der Waals surface area contributed by atoms with Crippen LogP contribution in [0.2, 0.25) is 0 Å². The maximum atomic E-state index is 13.0. The molecular formula is C23H30N2O3. The summed E-state index contributed by atoms with van der Waals surface area (Å²) in [5, 5.41) is 2.66. The topological polar surface area (TPSA) is 58.6 Å². The number of ether oxygens (including phenoxy) is 1. The van der Waals surface area contributed by atoms with Crippen LogP contribution in [0.15, 0.2) is 42.5 Å². The van der Waals surface area contributed by atoms with Crippen LogP contribution in [-0.4, -0.2) is 36.4 Å². The van der Waals surface area contributed by atoms with E-state index in [1.807, 2.05) is 64.1 Å². The van der Waals surface area contributed by atoms with Crippen LogP contribution in [0.1, 0.15) is 35.6 Å². The van der Waals surface area contributed by atoms with E-state index in [9.17, 15) is 9.59 Å². The van der Waals surface area contributed by atoms with Gasteiger partial charge in [-0.3, -0.25) is 9.59 Å². The number of nitrogens with zero attached hydrogens (tertiary/aromatic N) is 1. The van der Waals surface area contributed by atoms with E-state index in [0.29, 0.717) is 18.7 Å². The molecule has 2 rings (SSSR count). The normalized spacial score (nSPS) is 11.6. The number of hydrogen-bond acceptors (Lipinski definition) is 3. The van der Waals surface area contributed by atoms with E-state index < -0.39 is 6.04 Å². The van der Waals surface area contributed by atoms with Gasteiger partial charge in [-0.2, -0.15) is 0 Å². The number of rotatable bonds is 8. The van der Waals surface area contributed by atoms with Gasteiger partial charge < -0.3 is 15.0 Å². The van der Waals surface area contributed by atoms with Crippen LogP contribution >= 0.6 is 0 Å². The SMILES string of the molecule is CC[C@H](C(=O)NC)N(Cc1cccc(C)c1)C(=O)COc1cc(C)cc(C)c1. The fourth-order valence-corrected chi connectivity index (χ4v) is 3.34. The van der Waals surface area contributed by atoms with Crippen LogP contribution < -0.4 is 10.1 Å². The summed E-state index contributed by atoms with van der Waals surface area (Å²) in [5.41, 5.74) is 4.26. The molecule has 0 aliphatic rings. The first kappa shape index (κ1) is 21.5. The third-order valence-electron chi connectivity index (χ3n) is 4.63. The lowest BCUT2D eigenvalue weighted by Crippen LogP contribution is -2.49. The summed E-state index contributed by atoms with van der Waals surface area (Å²) in [4.78, 5) is 27.0. The Balaban J connectivity index is 2.20. The number of amides is 2. The Labute approximate surface area is 167 Å². The fourth-order valence-electron chi connectivity index (χ4n) is 3.34. The lowest BCUT2D eigenvalue weighted by molar-refractivity contribution is -0.142. The van der Waals surface area contributed by atoms with Crippen molar-refractivity contribution >= 4 is 11.8 Å². The predicted octanol–water partition coefficient (Wildman–Crippen LogP) is 3.54. The molecule has 0 spiro atoms. The summed E-state index contributed by atoms with van der Waals surface area (Å²) in [5.74, 6) is 0.278. The molecule has 1 N–H and O–H groups in total. The van der Waals surface area contributed by atoms with E-state index >= 15 is 0 Å². The van der Waals surface area contributed by atoms with E-state index in [4.69, 9.17) is 4.74 Å². The smallest absolute Gasteiger partial charge is 0.261 e. The minimum atomic E-state index is -0.541. The van der Waals surface area contributed by atoms with E-state index in [-0.39, 0.29) is 18.4 Å². The molecule has 2 aromatic rings. The van der Waals surface area contributed by atoms with E-state index in [1.165, 1.54) is 0 Å². The van der Waals surface area contributed by atoms with E-state index in [1.54, 1.807) is 11.9 Å². The Bertz CT molecular complexity index is 812. The molecule has 0 saturated carbocycles. The molecule has 2 amide bonds. The van der Waals surface area contributed by atoms with Crippen molar-refractivity contribution in [2.24, 2.45) is 0 Å². The number of benzene rings is 2. The molecule has 0 saturated heterocycles. The van der Waals surface area contributed by atoms with Crippen molar-refractivity contribution in [2.45, 2.75) is 46.7 Å². The van der Waals surface area contributed by atoms with Gasteiger partial charge in [-0.25, -0.2) is 0 Å². The molecule has 0 unspecified atom stereocenters. The number of likely N-dealkylation sites (N-methyl/N-ethyl adjacent to an activating group) is 1. The van der Waals surface area contributed by atoms with Crippen LogP contribution in [0.5, 0.6) is 5.75 Å². The van der Waals surface area contributed by atoms with Gasteiger partial charge in [0.1, 0.15) is 11.8 Å². The van der Waals surface area contributed by atoms with Gasteiger partial charge in [0, 0.05) is 13.6 Å². The second kappa shape index (κ2) is 9.93. The first-order valence-corrected chi connectivity index (χ1v) is 9.61. The van der Waals surface area contributed by atoms with Crippen molar-refractivity contribution in [3.63, 3.8) is 0 Å². The van der Waals surface area contributed by atoms with Crippen molar-refractivity contribution in [2.75, 3.05) is 13.7 Å². The Morgan fingerprint density at radius 1 is 1.04 bits per heavy atom. The lowest BCUT2D eigenvalue weighted by atomic mass is 10.1. The molecule has 0 heterocycles. The van der Waals surface area contributed by atoms with Gasteiger partial charge in [0.2, 0.25) is 5.91 Å². The summed E-state index contributed by atoms with van der Waals surface area (Å²) in [6.07, 6.45) is 0.529. The number of hydrogen-bond donors (Lipinski definition) is 1. The summed E-state index contributed by atoms with van der Waals surface area (Å²) < 4.78 is 5.76. The summed E-state index contributed by atoms with van der Waals surface area (Å²) in [7, 11) is 1.59. The molecular weight excluding hydrogens is 352 g/mol. The monoisotopic (exact) mass is 382 g/mol. The second-order valence-corrected chi connectivity index (χ2v) is 7.16. The largest absolute Gasteiger partial charge is 0.484 e. The molecule has 5 heteroatoms. The highest BCUT2D eigenvalue weighted by molar-refractivity contribution is 5.88. The zero-order valence-corrected chi connectivity index (χ0v) is 17.4. The Kier molecular flexibility index (Phi) is 7.61. The average molecular weight is 383 g/mol. The quantitative estimate of drug-likeness (QED) is 0.760. The molecule has 0 fully saturated rings. The predicted molar refractivity (Wildman–Crippen MR) is 111 cm³/mol. The Hall–Kier alpha value is -2.82. The first-order chi connectivity index (χ1) is 13.3. The minimum absolute atomic E-state index is 0.109. The lowest BCUT2D eigenvalue weighted by Gasteiger charge is -2.30. The number of aryl methyl sites for hydroxylation is 3. The van der Waals surface area contributed by atoms with Crippen molar-refractivity contribution in [1.29, 1.82) is 0 Å². The molecule has 150 valence electrons. The van der Waals surface area contributed by atoms with Crippen LogP contribution in [0.25, 0.3) is 0 Å². The summed E-state index contributed by atoms with van der Waals surface area (Å²) >= 11 is 0. The van der Waals surface area contributed by atoms with Crippen LogP contribution in [0, 0.1) is 20.8 Å². The van der Waals surface area contributed by atoms with Crippen molar-refractivity contribution in [3.8, 4) is 5.75 Å². The molecule has 0 bridgehead atoms. The maximum Gasteiger partial charge on any atom is 0.261 e. The van der Waals surface area contributed by atoms with Crippen molar-refractivity contribution < 1.29 is 14.3 Å². The van der Waals surface area contributed by atoms with Crippen molar-refractivity contribution in [1.82, 2.24) is 10.2 Å². The Morgan fingerprint density at radius 2 is 1.71 bits per heavy atom. The summed E-state index contributed by atoms with van der Waals surface area (Å²) in [6, 6.07) is 13.3. The highest BCUT2D eigenvalue weighted by atomic mass is 16.5. The standard InChI is InChI=1S/C23H30N2O3/c1-6-21(23(27)24-5)25(14-19-9-7-8-16(2)11-19)22(26)15-28-20-12-17(3)10-18(4)13-20/h7-13,21H,6,14-15H2,1-5H3,(H,24,27)/t21-/m1/s1. The van der Waals surface area contributed by atoms with Gasteiger partial charge in [-0.05, 0) is 56.0 Å². The van der Waals surface area contributed by atoms with Gasteiger partial charge >= 0.3 is 0 Å². The second-order valence-electron chi connectivity index (χ2n) is 7.16. The highest BCUT2D eigenvalue weighted by Crippen LogP contribution is 2.18. The number of carbonyl (C=O) groups is 2. The van der Waals surface area contributed by atoms with Crippen LogP contribution in [0.3, 0.4) is 0 Å². The zero-order valence-electron chi connectivity index (χ0n) is 17.4. The maximum absolute atomic E-state index is 13.0.